The molecule has 20 heavy (non-hydrogen) atoms. The first-order chi connectivity index (χ1) is 9.72. The highest BCUT2D eigenvalue weighted by Gasteiger charge is 2.32. The largest absolute Gasteiger partial charge is 0.496 e. The maximum atomic E-state index is 5.82. The van der Waals surface area contributed by atoms with Gasteiger partial charge in [0.1, 0.15) is 11.5 Å². The molecule has 2 aliphatic rings. The smallest absolute Gasteiger partial charge is 0.189 e. The van der Waals surface area contributed by atoms with Gasteiger partial charge in [0, 0.05) is 23.7 Å². The van der Waals surface area contributed by atoms with E-state index in [1.54, 1.807) is 7.11 Å². The fraction of sp³-hybridized carbons (Fsp3) is 0.600. The van der Waals surface area contributed by atoms with Crippen LogP contribution in [0.25, 0.3) is 0 Å². The second-order valence-corrected chi connectivity index (χ2v) is 5.61. The maximum absolute atomic E-state index is 5.82. The first-order valence-electron chi connectivity index (χ1n) is 7.04. The molecule has 0 bridgehead atoms. The van der Waals surface area contributed by atoms with Gasteiger partial charge in [0.25, 0.3) is 0 Å². The van der Waals surface area contributed by atoms with Crippen molar-refractivity contribution in [2.75, 3.05) is 34.0 Å². The van der Waals surface area contributed by atoms with Crippen LogP contribution in [0.2, 0.25) is 0 Å². The SMILES string of the molecule is COc1cc2c(cc1C1CC(CN)CN1C)OCOC2. The number of hydrogen-bond acceptors (Lipinski definition) is 5. The molecule has 2 unspecified atom stereocenters. The Morgan fingerprint density at radius 2 is 2.30 bits per heavy atom. The predicted octanol–water partition coefficient (Wildman–Crippen LogP) is 1.51. The van der Waals surface area contributed by atoms with E-state index in [2.05, 4.69) is 18.0 Å². The van der Waals surface area contributed by atoms with Crippen LogP contribution >= 0.6 is 0 Å². The van der Waals surface area contributed by atoms with Crippen LogP contribution in [0, 0.1) is 5.92 Å². The summed E-state index contributed by atoms with van der Waals surface area (Å²) < 4.78 is 16.5. The van der Waals surface area contributed by atoms with Gasteiger partial charge < -0.3 is 19.9 Å². The van der Waals surface area contributed by atoms with E-state index in [-0.39, 0.29) is 0 Å². The third-order valence-corrected chi connectivity index (χ3v) is 4.30. The second-order valence-electron chi connectivity index (χ2n) is 5.61. The van der Waals surface area contributed by atoms with Gasteiger partial charge >= 0.3 is 0 Å². The summed E-state index contributed by atoms with van der Waals surface area (Å²) in [5.41, 5.74) is 8.05. The van der Waals surface area contributed by atoms with Gasteiger partial charge in [-0.3, -0.25) is 4.90 Å². The molecule has 0 spiro atoms. The van der Waals surface area contributed by atoms with Crippen molar-refractivity contribution in [2.45, 2.75) is 19.1 Å². The van der Waals surface area contributed by atoms with Crippen molar-refractivity contribution >= 4 is 0 Å². The normalized spacial score (nSPS) is 26.1. The lowest BCUT2D eigenvalue weighted by molar-refractivity contribution is -0.0166. The van der Waals surface area contributed by atoms with Crippen LogP contribution < -0.4 is 15.2 Å². The van der Waals surface area contributed by atoms with E-state index in [0.29, 0.717) is 25.4 Å². The van der Waals surface area contributed by atoms with Gasteiger partial charge in [0.2, 0.25) is 0 Å². The minimum atomic E-state index is 0.324. The van der Waals surface area contributed by atoms with Crippen molar-refractivity contribution in [3.8, 4) is 11.5 Å². The Balaban J connectivity index is 1.95. The van der Waals surface area contributed by atoms with E-state index >= 15 is 0 Å². The number of fused-ring (bicyclic) bond motifs is 1. The number of hydrogen-bond donors (Lipinski definition) is 1. The fourth-order valence-electron chi connectivity index (χ4n) is 3.20. The Bertz CT molecular complexity index is 492. The minimum absolute atomic E-state index is 0.324. The van der Waals surface area contributed by atoms with Gasteiger partial charge in [-0.25, -0.2) is 0 Å². The van der Waals surface area contributed by atoms with Gasteiger partial charge in [-0.1, -0.05) is 0 Å². The minimum Gasteiger partial charge on any atom is -0.496 e. The molecule has 1 aromatic carbocycles. The van der Waals surface area contributed by atoms with Crippen molar-refractivity contribution in [1.82, 2.24) is 4.90 Å². The summed E-state index contributed by atoms with van der Waals surface area (Å²) in [6, 6.07) is 4.49. The first-order valence-corrected chi connectivity index (χ1v) is 7.04. The number of likely N-dealkylation sites (tertiary alicyclic amines) is 1. The zero-order valence-electron chi connectivity index (χ0n) is 12.1. The Morgan fingerprint density at radius 3 is 3.00 bits per heavy atom. The lowest BCUT2D eigenvalue weighted by Gasteiger charge is -2.25. The summed E-state index contributed by atoms with van der Waals surface area (Å²) in [5, 5.41) is 0. The fourth-order valence-corrected chi connectivity index (χ4v) is 3.20. The number of rotatable bonds is 3. The summed E-state index contributed by atoms with van der Waals surface area (Å²) in [7, 11) is 3.86. The molecule has 2 N–H and O–H groups in total. The molecule has 0 amide bonds. The van der Waals surface area contributed by atoms with E-state index in [1.165, 1.54) is 5.56 Å². The molecule has 2 aliphatic heterocycles. The maximum Gasteiger partial charge on any atom is 0.189 e. The van der Waals surface area contributed by atoms with Crippen LogP contribution in [0.15, 0.2) is 12.1 Å². The number of ether oxygens (including phenoxy) is 3. The van der Waals surface area contributed by atoms with Crippen LogP contribution in [-0.4, -0.2) is 38.9 Å². The first kappa shape index (κ1) is 13.7. The van der Waals surface area contributed by atoms with E-state index in [1.807, 2.05) is 6.07 Å². The van der Waals surface area contributed by atoms with Crippen molar-refractivity contribution in [2.24, 2.45) is 11.7 Å². The number of methoxy groups -OCH3 is 1. The summed E-state index contributed by atoms with van der Waals surface area (Å²) in [4.78, 5) is 2.35. The molecule has 2 atom stereocenters. The van der Waals surface area contributed by atoms with Gasteiger partial charge in [-0.2, -0.15) is 0 Å². The van der Waals surface area contributed by atoms with Crippen LogP contribution in [0.1, 0.15) is 23.6 Å². The van der Waals surface area contributed by atoms with Crippen LogP contribution in [0.5, 0.6) is 11.5 Å². The number of benzene rings is 1. The zero-order chi connectivity index (χ0) is 14.1. The molecular weight excluding hydrogens is 256 g/mol. The van der Waals surface area contributed by atoms with Gasteiger partial charge in [-0.15, -0.1) is 0 Å². The highest BCUT2D eigenvalue weighted by molar-refractivity contribution is 5.48. The van der Waals surface area contributed by atoms with Crippen molar-refractivity contribution in [1.29, 1.82) is 0 Å². The quantitative estimate of drug-likeness (QED) is 0.908. The number of nitrogens with zero attached hydrogens (tertiary/aromatic N) is 1. The third-order valence-electron chi connectivity index (χ3n) is 4.30. The number of nitrogens with two attached hydrogens (primary N) is 1. The van der Waals surface area contributed by atoms with Gasteiger partial charge in [0.05, 0.1) is 13.7 Å². The Kier molecular flexibility index (Phi) is 3.83. The Morgan fingerprint density at radius 1 is 1.45 bits per heavy atom. The molecule has 1 aromatic rings. The molecule has 3 rings (SSSR count). The summed E-state index contributed by atoms with van der Waals surface area (Å²) in [6.07, 6.45) is 1.07. The predicted molar refractivity (Wildman–Crippen MR) is 75.8 cm³/mol. The molecule has 5 heteroatoms. The van der Waals surface area contributed by atoms with Crippen LogP contribution in [0.4, 0.5) is 0 Å². The monoisotopic (exact) mass is 278 g/mol. The topological polar surface area (TPSA) is 57.0 Å². The molecule has 0 saturated carbocycles. The van der Waals surface area contributed by atoms with E-state index in [4.69, 9.17) is 19.9 Å². The molecule has 5 nitrogen and oxygen atoms in total. The zero-order valence-corrected chi connectivity index (χ0v) is 12.1. The molecule has 0 radical (unpaired) electrons. The highest BCUT2D eigenvalue weighted by atomic mass is 16.7. The Hall–Kier alpha value is -1.30. The van der Waals surface area contributed by atoms with Crippen LogP contribution in [-0.2, 0) is 11.3 Å². The lowest BCUT2D eigenvalue weighted by Crippen LogP contribution is -2.21. The van der Waals surface area contributed by atoms with Crippen molar-refractivity contribution in [3.05, 3.63) is 23.3 Å². The standard InChI is InChI=1S/C15H22N2O3/c1-17-7-10(6-16)3-13(17)12-5-14-11(4-15(12)18-2)8-19-9-20-14/h4-5,10,13H,3,6-9,16H2,1-2H3. The molecule has 110 valence electrons. The molecule has 0 aliphatic carbocycles. The summed E-state index contributed by atoms with van der Waals surface area (Å²) in [6.45, 7) is 2.67. The van der Waals surface area contributed by atoms with E-state index in [0.717, 1.165) is 36.6 Å². The van der Waals surface area contributed by atoms with Crippen LogP contribution in [0.3, 0.4) is 0 Å². The van der Waals surface area contributed by atoms with Gasteiger partial charge in [-0.05, 0) is 38.1 Å². The van der Waals surface area contributed by atoms with Gasteiger partial charge in [0.15, 0.2) is 6.79 Å². The van der Waals surface area contributed by atoms with Crippen molar-refractivity contribution < 1.29 is 14.2 Å². The molecular formula is C15H22N2O3. The van der Waals surface area contributed by atoms with E-state index < -0.39 is 0 Å². The average Bonchev–Trinajstić information content (AvgIpc) is 2.86. The lowest BCUT2D eigenvalue weighted by atomic mass is 9.97. The molecule has 0 aromatic heterocycles. The highest BCUT2D eigenvalue weighted by Crippen LogP contribution is 2.41. The third kappa shape index (κ3) is 2.37. The summed E-state index contributed by atoms with van der Waals surface area (Å²) in [5.74, 6) is 2.37. The molecule has 1 fully saturated rings. The van der Waals surface area contributed by atoms with E-state index in [9.17, 15) is 0 Å². The molecule has 2 heterocycles. The second kappa shape index (κ2) is 5.60. The summed E-state index contributed by atoms with van der Waals surface area (Å²) >= 11 is 0. The Labute approximate surface area is 119 Å². The van der Waals surface area contributed by atoms with Crippen molar-refractivity contribution in [3.63, 3.8) is 0 Å². The average molecular weight is 278 g/mol. The molecule has 1 saturated heterocycles.